The molecule has 2 aromatic heterocycles. The molecule has 0 saturated carbocycles. The van der Waals surface area contributed by atoms with Crippen molar-refractivity contribution in [1.82, 2.24) is 9.38 Å². The summed E-state index contributed by atoms with van der Waals surface area (Å²) in [6, 6.07) is 9.76. The second kappa shape index (κ2) is 5.13. The van der Waals surface area contributed by atoms with Crippen molar-refractivity contribution in [2.45, 2.75) is 6.61 Å². The number of rotatable bonds is 4. The van der Waals surface area contributed by atoms with Crippen LogP contribution in [0.1, 0.15) is 16.1 Å². The van der Waals surface area contributed by atoms with E-state index in [1.165, 1.54) is 12.1 Å². The number of ether oxygens (including phenoxy) is 1. The van der Waals surface area contributed by atoms with E-state index in [0.29, 0.717) is 12.0 Å². The number of benzene rings is 1. The van der Waals surface area contributed by atoms with Crippen LogP contribution < -0.4 is 4.74 Å². The molecule has 0 unspecified atom stereocenters. The van der Waals surface area contributed by atoms with Gasteiger partial charge in [0.25, 0.3) is 0 Å². The molecule has 1 aromatic carbocycles. The number of carbonyl (C=O) groups is 1. The van der Waals surface area contributed by atoms with Gasteiger partial charge in [-0.3, -0.25) is 4.79 Å². The van der Waals surface area contributed by atoms with E-state index in [2.05, 4.69) is 4.98 Å². The fraction of sp³-hybridized carbons (Fsp3) is 0.0667. The van der Waals surface area contributed by atoms with E-state index in [4.69, 9.17) is 4.74 Å². The highest BCUT2D eigenvalue weighted by Crippen LogP contribution is 2.19. The molecule has 0 aliphatic rings. The number of aldehydes is 1. The molecule has 0 N–H and O–H groups in total. The number of fused-ring (bicyclic) bond motifs is 1. The van der Waals surface area contributed by atoms with Crippen LogP contribution in [0.5, 0.6) is 5.75 Å². The summed E-state index contributed by atoms with van der Waals surface area (Å²) in [5, 5.41) is 0. The molecule has 0 atom stereocenters. The highest BCUT2D eigenvalue weighted by molar-refractivity contribution is 5.74. The van der Waals surface area contributed by atoms with Gasteiger partial charge in [-0.25, -0.2) is 9.37 Å². The normalized spacial score (nSPS) is 10.7. The Bertz CT molecular complexity index is 734. The standard InChI is InChI=1S/C15H11FN2O2/c16-13-7-11(9-19)4-5-14(13)20-10-12-8-18-6-2-1-3-15(18)17-12/h1-9H,10H2. The van der Waals surface area contributed by atoms with Gasteiger partial charge in [0, 0.05) is 18.0 Å². The van der Waals surface area contributed by atoms with Gasteiger partial charge in [-0.1, -0.05) is 6.07 Å². The highest BCUT2D eigenvalue weighted by Gasteiger charge is 2.06. The largest absolute Gasteiger partial charge is 0.484 e. The second-order valence-corrected chi connectivity index (χ2v) is 4.29. The third-order valence-corrected chi connectivity index (χ3v) is 2.88. The first-order valence-corrected chi connectivity index (χ1v) is 6.06. The van der Waals surface area contributed by atoms with Crippen LogP contribution in [0.15, 0.2) is 48.8 Å². The summed E-state index contributed by atoms with van der Waals surface area (Å²) in [7, 11) is 0. The average Bonchev–Trinajstić information content (AvgIpc) is 2.88. The van der Waals surface area contributed by atoms with Crippen LogP contribution in [-0.2, 0) is 6.61 Å². The maximum atomic E-state index is 13.6. The van der Waals surface area contributed by atoms with Crippen LogP contribution in [0.2, 0.25) is 0 Å². The molecule has 0 fully saturated rings. The molecule has 3 aromatic rings. The predicted molar refractivity (Wildman–Crippen MR) is 71.3 cm³/mol. The van der Waals surface area contributed by atoms with Crippen LogP contribution in [0.25, 0.3) is 5.65 Å². The van der Waals surface area contributed by atoms with Crippen molar-refractivity contribution in [3.8, 4) is 5.75 Å². The minimum atomic E-state index is -0.557. The first-order chi connectivity index (χ1) is 9.76. The van der Waals surface area contributed by atoms with Gasteiger partial charge < -0.3 is 9.14 Å². The second-order valence-electron chi connectivity index (χ2n) is 4.29. The Hall–Kier alpha value is -2.69. The third-order valence-electron chi connectivity index (χ3n) is 2.88. The third kappa shape index (κ3) is 2.38. The molecule has 5 heteroatoms. The Morgan fingerprint density at radius 1 is 1.30 bits per heavy atom. The molecule has 2 heterocycles. The van der Waals surface area contributed by atoms with Gasteiger partial charge in [0.05, 0.1) is 5.69 Å². The summed E-state index contributed by atoms with van der Waals surface area (Å²) in [5.41, 5.74) is 1.79. The Morgan fingerprint density at radius 2 is 2.20 bits per heavy atom. The van der Waals surface area contributed by atoms with E-state index in [1.54, 1.807) is 0 Å². The van der Waals surface area contributed by atoms with Gasteiger partial charge in [-0.05, 0) is 30.3 Å². The molecule has 0 aliphatic heterocycles. The monoisotopic (exact) mass is 270 g/mol. The minimum Gasteiger partial charge on any atom is -0.484 e. The van der Waals surface area contributed by atoms with E-state index in [-0.39, 0.29) is 17.9 Å². The van der Waals surface area contributed by atoms with E-state index in [0.717, 1.165) is 11.7 Å². The maximum absolute atomic E-state index is 13.6. The lowest BCUT2D eigenvalue weighted by Crippen LogP contribution is -1.98. The van der Waals surface area contributed by atoms with Crippen molar-refractivity contribution in [2.24, 2.45) is 0 Å². The average molecular weight is 270 g/mol. The van der Waals surface area contributed by atoms with Crippen molar-refractivity contribution in [3.63, 3.8) is 0 Å². The fourth-order valence-electron chi connectivity index (χ4n) is 1.92. The lowest BCUT2D eigenvalue weighted by molar-refractivity contribution is 0.112. The minimum absolute atomic E-state index is 0.104. The Kier molecular flexibility index (Phi) is 3.16. The quantitative estimate of drug-likeness (QED) is 0.685. The molecule has 3 rings (SSSR count). The predicted octanol–water partition coefficient (Wildman–Crippen LogP) is 2.86. The van der Waals surface area contributed by atoms with Crippen molar-refractivity contribution in [1.29, 1.82) is 0 Å². The van der Waals surface area contributed by atoms with Gasteiger partial charge >= 0.3 is 0 Å². The van der Waals surface area contributed by atoms with Crippen LogP contribution >= 0.6 is 0 Å². The number of pyridine rings is 1. The zero-order valence-electron chi connectivity index (χ0n) is 10.5. The number of nitrogens with zero attached hydrogens (tertiary/aromatic N) is 2. The lowest BCUT2D eigenvalue weighted by atomic mass is 10.2. The van der Waals surface area contributed by atoms with Crippen LogP contribution in [-0.4, -0.2) is 15.7 Å². The number of hydrogen-bond donors (Lipinski definition) is 0. The summed E-state index contributed by atoms with van der Waals surface area (Å²) < 4.78 is 20.9. The Morgan fingerprint density at radius 3 is 2.95 bits per heavy atom. The van der Waals surface area contributed by atoms with E-state index < -0.39 is 5.82 Å². The number of hydrogen-bond acceptors (Lipinski definition) is 3. The van der Waals surface area contributed by atoms with Gasteiger partial charge in [0.2, 0.25) is 0 Å². The van der Waals surface area contributed by atoms with Crippen molar-refractivity contribution in [2.75, 3.05) is 0 Å². The molecule has 0 aliphatic carbocycles. The van der Waals surface area contributed by atoms with Crippen molar-refractivity contribution >= 4 is 11.9 Å². The maximum Gasteiger partial charge on any atom is 0.165 e. The number of aromatic nitrogens is 2. The van der Waals surface area contributed by atoms with E-state index >= 15 is 0 Å². The smallest absolute Gasteiger partial charge is 0.165 e. The van der Waals surface area contributed by atoms with Gasteiger partial charge in [0.1, 0.15) is 18.5 Å². The first kappa shape index (κ1) is 12.3. The van der Waals surface area contributed by atoms with Gasteiger partial charge in [-0.2, -0.15) is 0 Å². The zero-order chi connectivity index (χ0) is 13.9. The molecule has 0 amide bonds. The van der Waals surface area contributed by atoms with E-state index in [9.17, 15) is 9.18 Å². The molecule has 0 radical (unpaired) electrons. The first-order valence-electron chi connectivity index (χ1n) is 6.06. The number of halogens is 1. The molecule has 0 saturated heterocycles. The van der Waals surface area contributed by atoms with Gasteiger partial charge in [-0.15, -0.1) is 0 Å². The SMILES string of the molecule is O=Cc1ccc(OCc2cn3ccccc3n2)c(F)c1. The van der Waals surface area contributed by atoms with Crippen LogP contribution in [0, 0.1) is 5.82 Å². The highest BCUT2D eigenvalue weighted by atomic mass is 19.1. The number of imidazole rings is 1. The van der Waals surface area contributed by atoms with Crippen LogP contribution in [0.4, 0.5) is 4.39 Å². The Balaban J connectivity index is 1.77. The van der Waals surface area contributed by atoms with Crippen molar-refractivity contribution in [3.05, 3.63) is 65.9 Å². The summed E-state index contributed by atoms with van der Waals surface area (Å²) in [5.74, 6) is -0.453. The number of carbonyl (C=O) groups excluding carboxylic acids is 1. The molecule has 0 bridgehead atoms. The molecule has 20 heavy (non-hydrogen) atoms. The molecular formula is C15H11FN2O2. The summed E-state index contributed by atoms with van der Waals surface area (Å²) in [6.45, 7) is 0.166. The molecule has 0 spiro atoms. The summed E-state index contributed by atoms with van der Waals surface area (Å²) in [4.78, 5) is 14.9. The zero-order valence-corrected chi connectivity index (χ0v) is 10.5. The fourth-order valence-corrected chi connectivity index (χ4v) is 1.92. The summed E-state index contributed by atoms with van der Waals surface area (Å²) in [6.07, 6.45) is 4.30. The topological polar surface area (TPSA) is 43.6 Å². The van der Waals surface area contributed by atoms with E-state index in [1.807, 2.05) is 35.0 Å². The molecule has 100 valence electrons. The van der Waals surface area contributed by atoms with Crippen LogP contribution in [0.3, 0.4) is 0 Å². The Labute approximate surface area is 114 Å². The lowest BCUT2D eigenvalue weighted by Gasteiger charge is -2.05. The molecule has 4 nitrogen and oxygen atoms in total. The molecular weight excluding hydrogens is 259 g/mol. The summed E-state index contributed by atoms with van der Waals surface area (Å²) >= 11 is 0. The van der Waals surface area contributed by atoms with Crippen molar-refractivity contribution < 1.29 is 13.9 Å². The van der Waals surface area contributed by atoms with Gasteiger partial charge in [0.15, 0.2) is 11.6 Å².